The Morgan fingerprint density at radius 2 is 0.400 bits per heavy atom. The van der Waals surface area contributed by atoms with E-state index in [9.17, 15) is 0 Å². The van der Waals surface area contributed by atoms with Crippen molar-refractivity contribution in [2.45, 2.75) is 374 Å². The maximum Gasteiger partial charge on any atom is 0.0706 e. The van der Waals surface area contributed by atoms with Crippen LogP contribution in [-0.2, 0) is 4.74 Å². The van der Waals surface area contributed by atoms with Gasteiger partial charge in [0.15, 0.2) is 0 Å². The molecule has 0 aromatic rings. The summed E-state index contributed by atoms with van der Waals surface area (Å²) in [7, 11) is 0. The number of ether oxygens (including phenoxy) is 1. The fourth-order valence-corrected chi connectivity index (χ4v) is 16.4. The first kappa shape index (κ1) is 96.6. The third-order valence-corrected chi connectivity index (χ3v) is 21.9. The number of rotatable bonds is 0. The summed E-state index contributed by atoms with van der Waals surface area (Å²) in [4.78, 5) is 0. The number of hydrogen-bond donors (Lipinski definition) is 10. The van der Waals surface area contributed by atoms with Crippen LogP contribution in [0.25, 0.3) is 0 Å². The van der Waals surface area contributed by atoms with Crippen LogP contribution in [0.2, 0.25) is 0 Å². The fourth-order valence-electron chi connectivity index (χ4n) is 16.4. The Labute approximate surface area is 599 Å². The Bertz CT molecular complexity index is 1280. The molecule has 95 heavy (non-hydrogen) atoms. The van der Waals surface area contributed by atoms with E-state index in [1.807, 2.05) is 0 Å². The molecule has 1 unspecified atom stereocenters. The van der Waals surface area contributed by atoms with Crippen LogP contribution in [0.3, 0.4) is 0 Å². The lowest BCUT2D eigenvalue weighted by atomic mass is 9.68. The SMILES string of the molecule is C.C.C1CC2(CCN1)CCNC2.C1CC2(CCN1)CNC2.C1CCC2(C1)CCNCC2.C1CCC2(CC1)CCCNC2.C1CCC2(CC1)CCNCC2.C1CCC2(CCNCC2)OC1.C1CNCC2(C1)CCNC2.CCC.CCC.CCC.CCC.CCC.CCC.CCC. The zero-order chi connectivity index (χ0) is 68.4. The molecule has 0 amide bonds. The molecule has 14 aliphatic rings. The summed E-state index contributed by atoms with van der Waals surface area (Å²) in [5.41, 5.74) is 4.73. The molecule has 7 spiro atoms. The molecule has 11 heteroatoms. The van der Waals surface area contributed by atoms with Crippen LogP contribution in [0.5, 0.6) is 0 Å². The highest BCUT2D eigenvalue weighted by atomic mass is 16.5. The molecule has 14 fully saturated rings. The standard InChI is InChI=1S/2C10H19N.C9H17NO.C9H17N.2C8H16N2.C7H14N2.7C3H8.2CH4/c1-2-5-10(6-3-1)7-4-8-11-9-10;1-2-4-10(5-3-1)6-8-11-9-7-10;1-2-8-11-9(3-1)4-6-10-7-5-9;1-2-4-9(3-1)5-7-10-8-6-9;1-4-9-5-2-8(1)3-6-10-7-8;1-2-8(6-9-4-1)3-5-10-7-8;1-3-8-4-2-7(1)5-9-6-7;7*1-3-2;;/h2*11H,1-9H2;10H,1-8H2;10H,1-8H2;2*9-10H,1-7H2;8-9H,1-6H2;7*3H2,1-2H3;2*1H4. The first-order valence-electron chi connectivity index (χ1n) is 42.0. The van der Waals surface area contributed by atoms with Crippen molar-refractivity contribution in [3.8, 4) is 0 Å². The lowest BCUT2D eigenvalue weighted by molar-refractivity contribution is -0.0952. The maximum atomic E-state index is 5.87. The van der Waals surface area contributed by atoms with Gasteiger partial charge >= 0.3 is 0 Å². The van der Waals surface area contributed by atoms with Gasteiger partial charge in [0, 0.05) is 45.9 Å². The molecule has 574 valence electrons. The van der Waals surface area contributed by atoms with Gasteiger partial charge in [-0.25, -0.2) is 0 Å². The Morgan fingerprint density at radius 1 is 0.189 bits per heavy atom. The van der Waals surface area contributed by atoms with Crippen LogP contribution in [-0.4, -0.2) is 143 Å². The average molecular weight is 1350 g/mol. The maximum absolute atomic E-state index is 5.87. The van der Waals surface area contributed by atoms with E-state index in [1.54, 1.807) is 0 Å². The van der Waals surface area contributed by atoms with E-state index in [0.717, 1.165) is 41.4 Å². The molecule has 11 aliphatic heterocycles. The second-order valence-corrected chi connectivity index (χ2v) is 32.0. The van der Waals surface area contributed by atoms with Crippen molar-refractivity contribution in [1.82, 2.24) is 53.2 Å². The van der Waals surface area contributed by atoms with Gasteiger partial charge in [0.1, 0.15) is 0 Å². The third kappa shape index (κ3) is 43.3. The van der Waals surface area contributed by atoms with Crippen molar-refractivity contribution in [3.63, 3.8) is 0 Å². The lowest BCUT2D eigenvalue weighted by Crippen LogP contribution is -2.57. The monoisotopic (exact) mass is 1350 g/mol. The van der Waals surface area contributed by atoms with Crippen molar-refractivity contribution in [1.29, 1.82) is 0 Å². The lowest BCUT2D eigenvalue weighted by Gasteiger charge is -2.45. The second kappa shape index (κ2) is 62.2. The van der Waals surface area contributed by atoms with E-state index >= 15 is 0 Å². The zero-order valence-electron chi connectivity index (χ0n) is 66.0. The Hall–Kier alpha value is -0.440. The molecule has 3 aliphatic carbocycles. The highest BCUT2D eigenvalue weighted by molar-refractivity contribution is 4.96. The van der Waals surface area contributed by atoms with Gasteiger partial charge in [0.05, 0.1) is 5.60 Å². The highest BCUT2D eigenvalue weighted by Crippen LogP contribution is 2.46. The second-order valence-electron chi connectivity index (χ2n) is 32.0. The summed E-state index contributed by atoms with van der Waals surface area (Å²) >= 11 is 0. The minimum Gasteiger partial charge on any atom is -0.375 e. The Morgan fingerprint density at radius 3 is 0.663 bits per heavy atom. The van der Waals surface area contributed by atoms with E-state index < -0.39 is 0 Å². The molecular weight excluding hydrogens is 1160 g/mol. The molecule has 0 radical (unpaired) electrons. The van der Waals surface area contributed by atoms with Gasteiger partial charge in [-0.1, -0.05) is 208 Å². The molecule has 11 heterocycles. The number of piperidine rings is 7. The van der Waals surface area contributed by atoms with Gasteiger partial charge in [-0.05, 0) is 285 Å². The summed E-state index contributed by atoms with van der Waals surface area (Å²) in [6.45, 7) is 55.7. The summed E-state index contributed by atoms with van der Waals surface area (Å²) in [5.74, 6) is 0. The van der Waals surface area contributed by atoms with E-state index in [2.05, 4.69) is 150 Å². The predicted octanol–water partition coefficient (Wildman–Crippen LogP) is 19.7. The van der Waals surface area contributed by atoms with E-state index in [-0.39, 0.29) is 14.9 Å². The molecule has 1 atom stereocenters. The van der Waals surface area contributed by atoms with Gasteiger partial charge in [0.2, 0.25) is 0 Å². The van der Waals surface area contributed by atoms with E-state index in [4.69, 9.17) is 4.74 Å². The van der Waals surface area contributed by atoms with Gasteiger partial charge in [0.25, 0.3) is 0 Å². The van der Waals surface area contributed by atoms with Crippen molar-refractivity contribution >= 4 is 0 Å². The molecule has 11 nitrogen and oxygen atoms in total. The highest BCUT2D eigenvalue weighted by Gasteiger charge is 2.40. The van der Waals surface area contributed by atoms with E-state index in [0.29, 0.717) is 16.4 Å². The summed E-state index contributed by atoms with van der Waals surface area (Å²) < 4.78 is 5.87. The summed E-state index contributed by atoms with van der Waals surface area (Å²) in [6.07, 6.45) is 56.1. The van der Waals surface area contributed by atoms with Crippen molar-refractivity contribution in [2.75, 3.05) is 138 Å². The van der Waals surface area contributed by atoms with Crippen LogP contribution >= 0.6 is 0 Å². The van der Waals surface area contributed by atoms with Crippen LogP contribution < -0.4 is 53.2 Å². The van der Waals surface area contributed by atoms with Crippen LogP contribution in [0.4, 0.5) is 0 Å². The molecule has 14 rings (SSSR count). The first-order valence-corrected chi connectivity index (χ1v) is 42.0. The molecule has 10 N–H and O–H groups in total. The smallest absolute Gasteiger partial charge is 0.0706 e. The zero-order valence-corrected chi connectivity index (χ0v) is 66.0. The minimum atomic E-state index is 0. The number of hydrogen-bond acceptors (Lipinski definition) is 11. The predicted molar refractivity (Wildman–Crippen MR) is 430 cm³/mol. The molecule has 0 bridgehead atoms. The van der Waals surface area contributed by atoms with Gasteiger partial charge < -0.3 is 57.9 Å². The van der Waals surface area contributed by atoms with Gasteiger partial charge in [-0.15, -0.1) is 0 Å². The first-order chi connectivity index (χ1) is 45.3. The van der Waals surface area contributed by atoms with Crippen LogP contribution in [0.1, 0.15) is 369 Å². The molecule has 11 saturated heterocycles. The average Bonchev–Trinajstić information content (AvgIpc) is 1.87. The van der Waals surface area contributed by atoms with Gasteiger partial charge in [-0.3, -0.25) is 0 Å². The van der Waals surface area contributed by atoms with Crippen molar-refractivity contribution in [2.24, 2.45) is 32.5 Å². The minimum absolute atomic E-state index is 0. The Balaban J connectivity index is 0. The van der Waals surface area contributed by atoms with Crippen molar-refractivity contribution in [3.05, 3.63) is 0 Å². The normalized spacial score (nSPS) is 25.8. The molecule has 3 saturated carbocycles. The van der Waals surface area contributed by atoms with Crippen molar-refractivity contribution < 1.29 is 4.74 Å². The topological polar surface area (TPSA) is 130 Å². The fraction of sp³-hybridized carbons (Fsp3) is 1.00. The summed E-state index contributed by atoms with van der Waals surface area (Å²) in [5, 5.41) is 34.3. The number of nitrogens with one attached hydrogen (secondary N) is 10. The Kier molecular flexibility index (Phi) is 63.2. The van der Waals surface area contributed by atoms with E-state index in [1.165, 1.54) is 375 Å². The molecule has 0 aromatic heterocycles. The van der Waals surface area contributed by atoms with Gasteiger partial charge in [-0.2, -0.15) is 0 Å². The quantitative estimate of drug-likeness (QED) is 0.114. The molecule has 0 aromatic carbocycles. The van der Waals surface area contributed by atoms with Crippen LogP contribution in [0.15, 0.2) is 0 Å². The largest absolute Gasteiger partial charge is 0.375 e. The van der Waals surface area contributed by atoms with Crippen LogP contribution in [0, 0.1) is 32.5 Å². The summed E-state index contributed by atoms with van der Waals surface area (Å²) in [6, 6.07) is 0. The third-order valence-electron chi connectivity index (χ3n) is 21.9. The molecular formula is C84H182N10O.